The van der Waals surface area contributed by atoms with Crippen molar-refractivity contribution in [1.82, 2.24) is 10.6 Å². The highest BCUT2D eigenvalue weighted by molar-refractivity contribution is 5.16. The molecule has 0 aliphatic rings. The van der Waals surface area contributed by atoms with Crippen LogP contribution in [0, 0.1) is 5.82 Å². The summed E-state index contributed by atoms with van der Waals surface area (Å²) in [6, 6.07) is 6.53. The minimum absolute atomic E-state index is 0.0859. The zero-order valence-electron chi connectivity index (χ0n) is 10.6. The Labute approximate surface area is 103 Å². The van der Waals surface area contributed by atoms with Crippen LogP contribution >= 0.6 is 0 Å². The second-order valence-electron chi connectivity index (χ2n) is 4.60. The van der Waals surface area contributed by atoms with Crippen molar-refractivity contribution in [2.75, 3.05) is 20.1 Å². The zero-order chi connectivity index (χ0) is 12.7. The van der Waals surface area contributed by atoms with Gasteiger partial charge in [-0.05, 0) is 44.6 Å². The van der Waals surface area contributed by atoms with Crippen molar-refractivity contribution in [1.29, 1.82) is 0 Å². The summed E-state index contributed by atoms with van der Waals surface area (Å²) in [6.45, 7) is 4.31. The largest absolute Gasteiger partial charge is 0.329 e. The molecule has 4 heteroatoms. The Bertz CT molecular complexity index is 326. The third kappa shape index (κ3) is 4.81. The van der Waals surface area contributed by atoms with Crippen molar-refractivity contribution in [3.8, 4) is 0 Å². The van der Waals surface area contributed by atoms with Crippen LogP contribution in [0.3, 0.4) is 0 Å². The van der Waals surface area contributed by atoms with Crippen LogP contribution in [-0.2, 0) is 6.54 Å². The molecular weight excluding hydrogens is 217 g/mol. The fourth-order valence-electron chi connectivity index (χ4n) is 1.58. The van der Waals surface area contributed by atoms with Gasteiger partial charge in [0.2, 0.25) is 0 Å². The van der Waals surface area contributed by atoms with Gasteiger partial charge in [0.25, 0.3) is 0 Å². The van der Waals surface area contributed by atoms with Crippen LogP contribution in [0.5, 0.6) is 0 Å². The first kappa shape index (κ1) is 14.1. The van der Waals surface area contributed by atoms with Crippen LogP contribution in [0.4, 0.5) is 4.39 Å². The number of nitrogens with two attached hydrogens (primary N) is 1. The van der Waals surface area contributed by atoms with Gasteiger partial charge < -0.3 is 16.4 Å². The molecule has 1 aromatic carbocycles. The first-order chi connectivity index (χ1) is 8.09. The van der Waals surface area contributed by atoms with Crippen LogP contribution in [0.1, 0.15) is 18.9 Å². The predicted octanol–water partition coefficient (Wildman–Crippen LogP) is 1.24. The molecule has 0 fully saturated rings. The number of hydrogen-bond donors (Lipinski definition) is 3. The molecule has 17 heavy (non-hydrogen) atoms. The Morgan fingerprint density at radius 1 is 1.29 bits per heavy atom. The van der Waals surface area contributed by atoms with Crippen LogP contribution in [0.2, 0.25) is 0 Å². The maximum absolute atomic E-state index is 12.7. The van der Waals surface area contributed by atoms with E-state index in [-0.39, 0.29) is 11.4 Å². The lowest BCUT2D eigenvalue weighted by Gasteiger charge is -2.29. The van der Waals surface area contributed by atoms with E-state index in [0.717, 1.165) is 18.5 Å². The summed E-state index contributed by atoms with van der Waals surface area (Å²) in [5.41, 5.74) is 6.77. The molecule has 0 heterocycles. The van der Waals surface area contributed by atoms with Gasteiger partial charge in [0.15, 0.2) is 0 Å². The molecule has 0 saturated carbocycles. The van der Waals surface area contributed by atoms with Crippen LogP contribution in [0.25, 0.3) is 0 Å². The molecule has 0 amide bonds. The fourth-order valence-corrected chi connectivity index (χ4v) is 1.58. The Morgan fingerprint density at radius 3 is 2.47 bits per heavy atom. The highest BCUT2D eigenvalue weighted by Crippen LogP contribution is 2.09. The van der Waals surface area contributed by atoms with E-state index in [1.807, 2.05) is 7.05 Å². The molecule has 1 rings (SSSR count). The average Bonchev–Trinajstić information content (AvgIpc) is 2.36. The molecule has 0 saturated heterocycles. The van der Waals surface area contributed by atoms with Crippen molar-refractivity contribution in [3.63, 3.8) is 0 Å². The first-order valence-electron chi connectivity index (χ1n) is 5.94. The molecule has 0 aromatic heterocycles. The quantitative estimate of drug-likeness (QED) is 0.671. The van der Waals surface area contributed by atoms with E-state index in [2.05, 4.69) is 17.6 Å². The lowest BCUT2D eigenvalue weighted by molar-refractivity contribution is 0.334. The van der Waals surface area contributed by atoms with Crippen molar-refractivity contribution in [3.05, 3.63) is 35.6 Å². The van der Waals surface area contributed by atoms with Gasteiger partial charge in [-0.25, -0.2) is 4.39 Å². The standard InChI is InChI=1S/C13H22FN3/c1-13(10-15,7-8-16-2)17-9-11-3-5-12(14)6-4-11/h3-6,16-17H,7-10,15H2,1-2H3. The summed E-state index contributed by atoms with van der Waals surface area (Å²) in [5.74, 6) is -0.203. The third-order valence-electron chi connectivity index (χ3n) is 3.01. The minimum atomic E-state index is -0.203. The second-order valence-corrected chi connectivity index (χ2v) is 4.60. The van der Waals surface area contributed by atoms with Gasteiger partial charge in [-0.2, -0.15) is 0 Å². The lowest BCUT2D eigenvalue weighted by atomic mass is 9.97. The monoisotopic (exact) mass is 239 g/mol. The third-order valence-corrected chi connectivity index (χ3v) is 3.01. The summed E-state index contributed by atoms with van der Waals surface area (Å²) in [4.78, 5) is 0. The van der Waals surface area contributed by atoms with E-state index < -0.39 is 0 Å². The summed E-state index contributed by atoms with van der Waals surface area (Å²) in [7, 11) is 1.93. The van der Waals surface area contributed by atoms with Crippen molar-refractivity contribution >= 4 is 0 Å². The number of halogens is 1. The van der Waals surface area contributed by atoms with Gasteiger partial charge in [-0.1, -0.05) is 12.1 Å². The topological polar surface area (TPSA) is 50.1 Å². The summed E-state index contributed by atoms with van der Waals surface area (Å²) >= 11 is 0. The van der Waals surface area contributed by atoms with Gasteiger partial charge >= 0.3 is 0 Å². The Kier molecular flexibility index (Phi) is 5.55. The van der Waals surface area contributed by atoms with E-state index in [1.165, 1.54) is 12.1 Å². The summed E-state index contributed by atoms with van der Waals surface area (Å²) in [6.07, 6.45) is 0.960. The Morgan fingerprint density at radius 2 is 1.94 bits per heavy atom. The summed E-state index contributed by atoms with van der Waals surface area (Å²) in [5, 5.41) is 6.55. The number of nitrogens with one attached hydrogen (secondary N) is 2. The van der Waals surface area contributed by atoms with Crippen LogP contribution in [0.15, 0.2) is 24.3 Å². The molecule has 0 bridgehead atoms. The molecule has 1 atom stereocenters. The molecule has 4 N–H and O–H groups in total. The molecule has 0 aliphatic heterocycles. The fraction of sp³-hybridized carbons (Fsp3) is 0.538. The second kappa shape index (κ2) is 6.69. The number of rotatable bonds is 7. The van der Waals surface area contributed by atoms with Crippen molar-refractivity contribution < 1.29 is 4.39 Å². The van der Waals surface area contributed by atoms with Crippen molar-refractivity contribution in [2.24, 2.45) is 5.73 Å². The smallest absolute Gasteiger partial charge is 0.123 e. The summed E-state index contributed by atoms with van der Waals surface area (Å²) < 4.78 is 12.7. The molecule has 96 valence electrons. The molecule has 3 nitrogen and oxygen atoms in total. The number of benzene rings is 1. The minimum Gasteiger partial charge on any atom is -0.329 e. The highest BCUT2D eigenvalue weighted by Gasteiger charge is 2.20. The average molecular weight is 239 g/mol. The maximum atomic E-state index is 12.7. The predicted molar refractivity (Wildman–Crippen MR) is 69.2 cm³/mol. The van der Waals surface area contributed by atoms with Gasteiger partial charge in [-0.15, -0.1) is 0 Å². The van der Waals surface area contributed by atoms with E-state index in [0.29, 0.717) is 13.1 Å². The maximum Gasteiger partial charge on any atom is 0.123 e. The number of hydrogen-bond acceptors (Lipinski definition) is 3. The van der Waals surface area contributed by atoms with Gasteiger partial charge in [0.1, 0.15) is 5.82 Å². The lowest BCUT2D eigenvalue weighted by Crippen LogP contribution is -2.49. The van der Waals surface area contributed by atoms with Crippen LogP contribution < -0.4 is 16.4 Å². The SMILES string of the molecule is CNCCC(C)(CN)NCc1ccc(F)cc1. The molecular formula is C13H22FN3. The molecule has 0 radical (unpaired) electrons. The molecule has 0 aliphatic carbocycles. The van der Waals surface area contributed by atoms with E-state index in [4.69, 9.17) is 5.73 Å². The highest BCUT2D eigenvalue weighted by atomic mass is 19.1. The van der Waals surface area contributed by atoms with Gasteiger partial charge in [0.05, 0.1) is 0 Å². The molecule has 1 unspecified atom stereocenters. The first-order valence-corrected chi connectivity index (χ1v) is 5.94. The van der Waals surface area contributed by atoms with E-state index in [1.54, 1.807) is 12.1 Å². The normalized spacial score (nSPS) is 14.6. The Balaban J connectivity index is 2.49. The van der Waals surface area contributed by atoms with E-state index >= 15 is 0 Å². The van der Waals surface area contributed by atoms with Gasteiger partial charge in [-0.3, -0.25) is 0 Å². The van der Waals surface area contributed by atoms with Gasteiger partial charge in [0, 0.05) is 18.6 Å². The van der Waals surface area contributed by atoms with Crippen molar-refractivity contribution in [2.45, 2.75) is 25.4 Å². The van der Waals surface area contributed by atoms with Crippen LogP contribution in [-0.4, -0.2) is 25.7 Å². The molecule has 1 aromatic rings. The molecule has 0 spiro atoms. The Hall–Kier alpha value is -0.970. The van der Waals surface area contributed by atoms with E-state index in [9.17, 15) is 4.39 Å². The zero-order valence-corrected chi connectivity index (χ0v) is 10.6.